The number of aromatic nitrogens is 4. The minimum Gasteiger partial charge on any atom is -0.449 e. The van der Waals surface area contributed by atoms with E-state index in [2.05, 4.69) is 20.4 Å². The Labute approximate surface area is 210 Å². The zero-order chi connectivity index (χ0) is 24.6. The molecule has 3 heterocycles. The van der Waals surface area contributed by atoms with Crippen molar-refractivity contribution in [3.8, 4) is 5.69 Å². The predicted octanol–water partition coefficient (Wildman–Crippen LogP) is 3.20. The first kappa shape index (κ1) is 25.3. The number of hydrogen-bond donors (Lipinski definition) is 2. The first-order chi connectivity index (χ1) is 17.0. The van der Waals surface area contributed by atoms with Gasteiger partial charge in [-0.05, 0) is 24.1 Å². The van der Waals surface area contributed by atoms with Gasteiger partial charge < -0.3 is 14.2 Å². The number of anilines is 1. The highest BCUT2D eigenvalue weighted by atomic mass is 33.1. The van der Waals surface area contributed by atoms with Gasteiger partial charge in [-0.15, -0.1) is 9.93 Å². The van der Waals surface area contributed by atoms with Crippen LogP contribution in [0, 0.1) is 0 Å². The molecule has 0 saturated carbocycles. The Balaban J connectivity index is 1.27. The molecule has 1 saturated heterocycles. The molecule has 0 unspecified atom stereocenters. The van der Waals surface area contributed by atoms with Gasteiger partial charge in [0.15, 0.2) is 0 Å². The molecule has 1 radical (unpaired) electrons. The molecule has 1 aliphatic heterocycles. The Bertz CT molecular complexity index is 1190. The van der Waals surface area contributed by atoms with Crippen molar-refractivity contribution in [1.82, 2.24) is 24.5 Å². The van der Waals surface area contributed by atoms with Crippen LogP contribution in [0.15, 0.2) is 53.7 Å². The number of carbonyl (C=O) groups excluding carboxylic acids is 1. The standard InChI is InChI=1S/C23H29N6O4S2/c1-27-17-20(16-24-27)29-8-6-22(30)21(26-29)15-18-4-2-5-19(14-18)25-23(31)33-11-3-7-28-9-12-35(34-32)13-10-28/h2,4-6,8,14,16-17,32H,3,7,9-13,15H2,1H3,(H,25,31). The fourth-order valence-electron chi connectivity index (χ4n) is 3.77. The molecule has 4 rings (SSSR count). The molecule has 2 N–H and O–H groups in total. The number of carbonyl (C=O) groups is 1. The Hall–Kier alpha value is -2.80. The minimum absolute atomic E-state index is 0.0739. The van der Waals surface area contributed by atoms with Crippen LogP contribution in [0.2, 0.25) is 0 Å². The topological polar surface area (TPSA) is 115 Å². The van der Waals surface area contributed by atoms with Crippen molar-refractivity contribution >= 4 is 32.8 Å². The van der Waals surface area contributed by atoms with Gasteiger partial charge in [-0.3, -0.25) is 14.8 Å². The molecule has 12 heteroatoms. The molecule has 0 atom stereocenters. The average molecular weight is 518 g/mol. The molecule has 1 aromatic carbocycles. The van der Waals surface area contributed by atoms with Crippen molar-refractivity contribution in [1.29, 1.82) is 0 Å². The van der Waals surface area contributed by atoms with Crippen molar-refractivity contribution in [2.45, 2.75) is 12.8 Å². The molecular weight excluding hydrogens is 488 g/mol. The number of amides is 1. The molecule has 0 bridgehead atoms. The van der Waals surface area contributed by atoms with E-state index in [9.17, 15) is 9.59 Å². The van der Waals surface area contributed by atoms with Gasteiger partial charge in [-0.1, -0.05) is 12.1 Å². The third kappa shape index (κ3) is 7.34. The van der Waals surface area contributed by atoms with Crippen LogP contribution in [0.25, 0.3) is 5.69 Å². The number of nitrogens with one attached hydrogen (secondary N) is 1. The van der Waals surface area contributed by atoms with Gasteiger partial charge in [0.05, 0.1) is 19.0 Å². The highest BCUT2D eigenvalue weighted by Crippen LogP contribution is 2.39. The molecule has 187 valence electrons. The number of rotatable bonds is 9. The van der Waals surface area contributed by atoms with E-state index < -0.39 is 6.09 Å². The Morgan fingerprint density at radius 1 is 1.29 bits per heavy atom. The Morgan fingerprint density at radius 2 is 2.11 bits per heavy atom. The average Bonchev–Trinajstić information content (AvgIpc) is 3.30. The second-order valence-electron chi connectivity index (χ2n) is 8.20. The summed E-state index contributed by atoms with van der Waals surface area (Å²) in [6.07, 6.45) is 5.70. The van der Waals surface area contributed by atoms with E-state index in [1.54, 1.807) is 27.8 Å². The lowest BCUT2D eigenvalue weighted by Crippen LogP contribution is -2.35. The summed E-state index contributed by atoms with van der Waals surface area (Å²) < 4.78 is 17.8. The van der Waals surface area contributed by atoms with Gasteiger partial charge in [-0.25, -0.2) is 9.48 Å². The highest BCUT2D eigenvalue weighted by Gasteiger charge is 2.17. The molecule has 1 aliphatic rings. The van der Waals surface area contributed by atoms with Gasteiger partial charge >= 0.3 is 6.09 Å². The number of aryl methyl sites for hydroxylation is 1. The van der Waals surface area contributed by atoms with Crippen LogP contribution in [-0.4, -0.2) is 72.9 Å². The van der Waals surface area contributed by atoms with E-state index in [0.717, 1.165) is 59.9 Å². The second kappa shape index (κ2) is 12.2. The van der Waals surface area contributed by atoms with Gasteiger partial charge in [0.2, 0.25) is 5.43 Å². The van der Waals surface area contributed by atoms with E-state index in [-0.39, 0.29) is 15.4 Å². The summed E-state index contributed by atoms with van der Waals surface area (Å²) in [6.45, 7) is 3.15. The molecule has 1 fully saturated rings. The van der Waals surface area contributed by atoms with E-state index >= 15 is 0 Å². The zero-order valence-corrected chi connectivity index (χ0v) is 21.1. The van der Waals surface area contributed by atoms with Crippen molar-refractivity contribution < 1.29 is 14.1 Å². The lowest BCUT2D eigenvalue weighted by atomic mass is 10.1. The Kier molecular flexibility index (Phi) is 8.85. The van der Waals surface area contributed by atoms with E-state index in [1.165, 1.54) is 6.07 Å². The summed E-state index contributed by atoms with van der Waals surface area (Å²) in [7, 11) is 1.89. The van der Waals surface area contributed by atoms with E-state index in [1.807, 2.05) is 31.4 Å². The van der Waals surface area contributed by atoms with Gasteiger partial charge in [0, 0.05) is 73.6 Å². The quantitative estimate of drug-likeness (QED) is 0.253. The maximum atomic E-state index is 12.4. The van der Waals surface area contributed by atoms with Crippen molar-refractivity contribution in [3.05, 3.63) is 70.4 Å². The summed E-state index contributed by atoms with van der Waals surface area (Å²) in [5.41, 5.74) is 2.46. The van der Waals surface area contributed by atoms with Gasteiger partial charge in [0.25, 0.3) is 0 Å². The molecule has 3 aromatic rings. The lowest BCUT2D eigenvalue weighted by molar-refractivity contribution is 0.153. The summed E-state index contributed by atoms with van der Waals surface area (Å²) in [5, 5.41) is 11.4. The highest BCUT2D eigenvalue weighted by molar-refractivity contribution is 8.83. The summed E-state index contributed by atoms with van der Waals surface area (Å²) in [4.78, 5) is 26.9. The van der Waals surface area contributed by atoms with Crippen LogP contribution in [0.5, 0.6) is 0 Å². The molecule has 1 amide bonds. The fourth-order valence-corrected chi connectivity index (χ4v) is 5.94. The first-order valence-corrected chi connectivity index (χ1v) is 14.2. The van der Waals surface area contributed by atoms with Crippen LogP contribution in [-0.2, 0) is 18.2 Å². The maximum Gasteiger partial charge on any atom is 0.411 e. The summed E-state index contributed by atoms with van der Waals surface area (Å²) >= 11 is 0.984. The van der Waals surface area contributed by atoms with E-state index in [0.29, 0.717) is 24.4 Å². The van der Waals surface area contributed by atoms with Crippen molar-refractivity contribution in [3.63, 3.8) is 0 Å². The Morgan fingerprint density at radius 3 is 2.86 bits per heavy atom. The van der Waals surface area contributed by atoms with Crippen LogP contribution in [0.4, 0.5) is 10.5 Å². The maximum absolute atomic E-state index is 12.4. The minimum atomic E-state index is -0.504. The summed E-state index contributed by atoms with van der Waals surface area (Å²) in [6, 6.07) is 8.79. The second-order valence-corrected chi connectivity index (χ2v) is 11.9. The normalized spacial score (nSPS) is 14.7. The van der Waals surface area contributed by atoms with Gasteiger partial charge in [-0.2, -0.15) is 10.2 Å². The molecule has 10 nitrogen and oxygen atoms in total. The largest absolute Gasteiger partial charge is 0.449 e. The summed E-state index contributed by atoms with van der Waals surface area (Å²) in [5.74, 6) is 2.02. The number of benzene rings is 1. The number of ether oxygens (including phenoxy) is 1. The van der Waals surface area contributed by atoms with Crippen LogP contribution in [0.1, 0.15) is 17.7 Å². The zero-order valence-electron chi connectivity index (χ0n) is 19.5. The molecule has 35 heavy (non-hydrogen) atoms. The molecule has 2 aromatic heterocycles. The molecular formula is C23H29N6O4S2. The van der Waals surface area contributed by atoms with Crippen LogP contribution in [0.3, 0.4) is 0 Å². The SMILES string of the molecule is Cn1cc(-n2ccc(=O)c(Cc3cccc(NC(=O)OCCCN4CC[S](SO)CC4)c3)n2)cn1. The molecule has 0 spiro atoms. The smallest absolute Gasteiger partial charge is 0.411 e. The molecule has 0 aliphatic carbocycles. The van der Waals surface area contributed by atoms with Crippen molar-refractivity contribution in [2.24, 2.45) is 7.05 Å². The van der Waals surface area contributed by atoms with Gasteiger partial charge in [0.1, 0.15) is 11.4 Å². The lowest BCUT2D eigenvalue weighted by Gasteiger charge is -2.31. The van der Waals surface area contributed by atoms with Crippen molar-refractivity contribution in [2.75, 3.05) is 43.1 Å². The predicted molar refractivity (Wildman–Crippen MR) is 139 cm³/mol. The third-order valence-corrected chi connectivity index (χ3v) is 8.73. The third-order valence-electron chi connectivity index (χ3n) is 5.61. The first-order valence-electron chi connectivity index (χ1n) is 11.3. The van der Waals surface area contributed by atoms with Crippen LogP contribution < -0.4 is 10.7 Å². The van der Waals surface area contributed by atoms with Crippen LogP contribution >= 0.6 is 21.0 Å². The monoisotopic (exact) mass is 517 g/mol. The van der Waals surface area contributed by atoms with E-state index in [4.69, 9.17) is 9.29 Å². The fraction of sp³-hybridized carbons (Fsp3) is 0.391. The number of nitrogens with zero attached hydrogens (tertiary/aromatic N) is 5. The number of hydrogen-bond acceptors (Lipinski definition) is 8.